The highest BCUT2D eigenvalue weighted by atomic mass is 15.0. The van der Waals surface area contributed by atoms with E-state index in [2.05, 4.69) is 102 Å². The molecule has 0 fully saturated rings. The number of anilines is 1. The molecule has 1 atom stereocenters. The van der Waals surface area contributed by atoms with Crippen LogP contribution in [0.25, 0.3) is 56.2 Å². The van der Waals surface area contributed by atoms with Crippen LogP contribution in [0.5, 0.6) is 0 Å². The van der Waals surface area contributed by atoms with E-state index < -0.39 is 0 Å². The number of rotatable bonds is 5. The van der Waals surface area contributed by atoms with Gasteiger partial charge < -0.3 is 5.32 Å². The van der Waals surface area contributed by atoms with Gasteiger partial charge in [0.15, 0.2) is 5.82 Å². The molecule has 1 unspecified atom stereocenters. The molecule has 204 valence electrons. The number of nitrogens with zero attached hydrogens (tertiary/aromatic N) is 3. The van der Waals surface area contributed by atoms with Gasteiger partial charge in [-0.15, -0.1) is 0 Å². The minimum absolute atomic E-state index is 0.321. The predicted molar refractivity (Wildman–Crippen MR) is 176 cm³/mol. The van der Waals surface area contributed by atoms with Gasteiger partial charge in [-0.25, -0.2) is 9.97 Å². The van der Waals surface area contributed by atoms with Crippen LogP contribution in [-0.4, -0.2) is 21.0 Å². The monoisotopic (exact) mass is 552 g/mol. The summed E-state index contributed by atoms with van der Waals surface area (Å²) in [4.78, 5) is 14.8. The molecule has 1 N–H and O–H groups in total. The van der Waals surface area contributed by atoms with Gasteiger partial charge in [0.1, 0.15) is 0 Å². The zero-order chi connectivity index (χ0) is 28.6. The van der Waals surface area contributed by atoms with Crippen molar-refractivity contribution >= 4 is 16.8 Å². The smallest absolute Gasteiger partial charge is 0.160 e. The van der Waals surface area contributed by atoms with Gasteiger partial charge >= 0.3 is 0 Å². The van der Waals surface area contributed by atoms with E-state index in [9.17, 15) is 0 Å². The minimum Gasteiger partial charge on any atom is -0.377 e. The van der Waals surface area contributed by atoms with Gasteiger partial charge in [0, 0.05) is 39.7 Å². The Morgan fingerprint density at radius 2 is 1.21 bits per heavy atom. The van der Waals surface area contributed by atoms with Crippen LogP contribution in [-0.2, 0) is 0 Å². The van der Waals surface area contributed by atoms with Crippen LogP contribution in [0.1, 0.15) is 17.7 Å². The van der Waals surface area contributed by atoms with Crippen LogP contribution in [0, 0.1) is 0 Å². The number of para-hydroxylation sites is 1. The normalized spacial score (nSPS) is 15.1. The Morgan fingerprint density at radius 1 is 0.581 bits per heavy atom. The average Bonchev–Trinajstić information content (AvgIpc) is 3.47. The Kier molecular flexibility index (Phi) is 6.23. The number of aromatic nitrogens is 3. The molecule has 0 saturated carbocycles. The summed E-state index contributed by atoms with van der Waals surface area (Å²) >= 11 is 0. The molecule has 0 saturated heterocycles. The second-order valence-corrected chi connectivity index (χ2v) is 10.9. The van der Waals surface area contributed by atoms with E-state index in [4.69, 9.17) is 15.0 Å². The number of hydrogen-bond donors (Lipinski definition) is 1. The van der Waals surface area contributed by atoms with E-state index in [0.717, 1.165) is 51.3 Å². The first-order chi connectivity index (χ1) is 21.3. The first-order valence-corrected chi connectivity index (χ1v) is 14.6. The van der Waals surface area contributed by atoms with Gasteiger partial charge in [-0.3, -0.25) is 4.98 Å². The van der Waals surface area contributed by atoms with Crippen molar-refractivity contribution < 1.29 is 0 Å². The second-order valence-electron chi connectivity index (χ2n) is 10.9. The van der Waals surface area contributed by atoms with E-state index in [1.54, 1.807) is 0 Å². The molecule has 0 radical (unpaired) electrons. The van der Waals surface area contributed by atoms with Crippen molar-refractivity contribution in [2.45, 2.75) is 12.5 Å². The Morgan fingerprint density at radius 3 is 1.98 bits per heavy atom. The van der Waals surface area contributed by atoms with Gasteiger partial charge in [0.25, 0.3) is 0 Å². The van der Waals surface area contributed by atoms with Crippen molar-refractivity contribution in [3.05, 3.63) is 157 Å². The topological polar surface area (TPSA) is 50.7 Å². The van der Waals surface area contributed by atoms with Crippen molar-refractivity contribution in [1.82, 2.24) is 15.0 Å². The molecule has 0 amide bonds. The quantitative estimate of drug-likeness (QED) is 0.232. The highest BCUT2D eigenvalue weighted by molar-refractivity contribution is 5.97. The first-order valence-electron chi connectivity index (χ1n) is 14.6. The van der Waals surface area contributed by atoms with Gasteiger partial charge in [-0.2, -0.15) is 0 Å². The molecule has 2 aromatic heterocycles. The van der Waals surface area contributed by atoms with Crippen LogP contribution < -0.4 is 5.32 Å². The third-order valence-electron chi connectivity index (χ3n) is 8.23. The molecule has 3 heterocycles. The zero-order valence-corrected chi connectivity index (χ0v) is 23.5. The number of allylic oxidation sites excluding steroid dienone is 2. The maximum atomic E-state index is 5.00. The Bertz CT molecular complexity index is 1950. The van der Waals surface area contributed by atoms with Gasteiger partial charge in [-0.05, 0) is 47.4 Å². The second kappa shape index (κ2) is 10.7. The molecule has 6 aromatic rings. The van der Waals surface area contributed by atoms with E-state index in [-0.39, 0.29) is 0 Å². The fraction of sp³-hybridized carbons (Fsp3) is 0.0513. The largest absolute Gasteiger partial charge is 0.377 e. The highest BCUT2D eigenvalue weighted by Crippen LogP contribution is 2.42. The van der Waals surface area contributed by atoms with Gasteiger partial charge in [0.2, 0.25) is 0 Å². The van der Waals surface area contributed by atoms with Crippen molar-refractivity contribution in [2.75, 3.05) is 5.32 Å². The summed E-state index contributed by atoms with van der Waals surface area (Å²) in [6.07, 6.45) is 7.44. The van der Waals surface area contributed by atoms with Crippen molar-refractivity contribution in [3.8, 4) is 45.0 Å². The summed E-state index contributed by atoms with van der Waals surface area (Å²) in [5.41, 5.74) is 13.2. The summed E-state index contributed by atoms with van der Waals surface area (Å²) in [6.45, 7) is 0. The third-order valence-corrected chi connectivity index (χ3v) is 8.23. The maximum Gasteiger partial charge on any atom is 0.160 e. The Labute approximate surface area is 251 Å². The van der Waals surface area contributed by atoms with E-state index in [0.29, 0.717) is 11.9 Å². The van der Waals surface area contributed by atoms with Crippen LogP contribution in [0.3, 0.4) is 0 Å². The van der Waals surface area contributed by atoms with Crippen LogP contribution in [0.4, 0.5) is 5.69 Å². The molecule has 4 nitrogen and oxygen atoms in total. The van der Waals surface area contributed by atoms with Gasteiger partial charge in [-0.1, -0.05) is 115 Å². The van der Waals surface area contributed by atoms with Crippen molar-refractivity contribution in [1.29, 1.82) is 0 Å². The highest BCUT2D eigenvalue weighted by Gasteiger charge is 2.28. The number of fused-ring (bicyclic) bond motifs is 3. The molecular formula is C39H28N4. The zero-order valence-electron chi connectivity index (χ0n) is 23.5. The number of pyridine rings is 1. The summed E-state index contributed by atoms with van der Waals surface area (Å²) in [5, 5.41) is 3.66. The molecule has 0 bridgehead atoms. The van der Waals surface area contributed by atoms with Gasteiger partial charge in [0.05, 0.1) is 23.1 Å². The molecule has 8 rings (SSSR count). The van der Waals surface area contributed by atoms with E-state index >= 15 is 0 Å². The molecule has 0 spiro atoms. The Balaban J connectivity index is 1.16. The number of nitrogens with one attached hydrogen (secondary N) is 1. The molecule has 4 heteroatoms. The minimum atomic E-state index is 0.321. The average molecular weight is 553 g/mol. The van der Waals surface area contributed by atoms with Crippen molar-refractivity contribution in [2.24, 2.45) is 0 Å². The van der Waals surface area contributed by atoms with Crippen LogP contribution in [0.2, 0.25) is 0 Å². The first kappa shape index (κ1) is 25.1. The Hall–Kier alpha value is -5.61. The molecule has 4 aromatic carbocycles. The lowest BCUT2D eigenvalue weighted by molar-refractivity contribution is 0.930. The summed E-state index contributed by atoms with van der Waals surface area (Å²) in [6, 6.07) is 44.2. The summed E-state index contributed by atoms with van der Waals surface area (Å²) in [5.74, 6) is 0.717. The molecular weight excluding hydrogens is 524 g/mol. The molecule has 2 aliphatic rings. The molecule has 1 aliphatic heterocycles. The lowest BCUT2D eigenvalue weighted by Crippen LogP contribution is -2.16. The fourth-order valence-corrected chi connectivity index (χ4v) is 6.07. The SMILES string of the molecule is C1=C(c2ncccc2-c2ccc(-c3cc(-c4ccccc4)nc(-c4ccccc4)n3)cc2)C=C2c3ccccc3NC2C1. The lowest BCUT2D eigenvalue weighted by Gasteiger charge is -2.19. The summed E-state index contributed by atoms with van der Waals surface area (Å²) in [7, 11) is 0. The van der Waals surface area contributed by atoms with Crippen molar-refractivity contribution in [3.63, 3.8) is 0 Å². The predicted octanol–water partition coefficient (Wildman–Crippen LogP) is 9.20. The standard InChI is InChI=1S/C39H28N4/c1-3-10-27(11-4-1)36-25-37(43-39(42-36)29-12-5-2-6-13-29)28-19-17-26(18-20-28)31-15-9-23-40-38(31)30-21-22-35-33(24-30)32-14-7-8-16-34(32)41-35/h1-21,23-25,35,41H,22H2. The maximum absolute atomic E-state index is 5.00. The van der Waals surface area contributed by atoms with E-state index in [1.165, 1.54) is 22.4 Å². The molecule has 1 aliphatic carbocycles. The van der Waals surface area contributed by atoms with E-state index in [1.807, 2.05) is 48.7 Å². The molecule has 43 heavy (non-hydrogen) atoms. The lowest BCUT2D eigenvalue weighted by atomic mass is 9.89. The summed E-state index contributed by atoms with van der Waals surface area (Å²) < 4.78 is 0. The fourth-order valence-electron chi connectivity index (χ4n) is 6.07. The number of hydrogen-bond acceptors (Lipinski definition) is 4. The van der Waals surface area contributed by atoms with Crippen LogP contribution >= 0.6 is 0 Å². The van der Waals surface area contributed by atoms with Crippen LogP contribution in [0.15, 0.2) is 146 Å². The third kappa shape index (κ3) is 4.73. The number of benzene rings is 4.